The second-order valence-corrected chi connectivity index (χ2v) is 12.1. The Labute approximate surface area is 241 Å². The molecule has 2 aliphatic rings. The van der Waals surface area contributed by atoms with Crippen molar-refractivity contribution in [3.05, 3.63) is 71.4 Å². The van der Waals surface area contributed by atoms with Crippen molar-refractivity contribution in [1.82, 2.24) is 15.1 Å². The predicted molar refractivity (Wildman–Crippen MR) is 159 cm³/mol. The molecule has 0 bridgehead atoms. The highest BCUT2D eigenvalue weighted by Crippen LogP contribution is 2.36. The molecule has 2 atom stereocenters. The maximum atomic E-state index is 13.6. The fourth-order valence-electron chi connectivity index (χ4n) is 5.58. The minimum atomic E-state index is -0.707. The summed E-state index contributed by atoms with van der Waals surface area (Å²) in [7, 11) is 0. The minimum absolute atomic E-state index is 0.0546. The number of nitrogens with zero attached hydrogens (tertiary/aromatic N) is 2. The number of esters is 1. The Kier molecular flexibility index (Phi) is 8.26. The molecule has 2 saturated heterocycles. The molecule has 0 spiro atoms. The van der Waals surface area contributed by atoms with Crippen LogP contribution in [0.15, 0.2) is 54.6 Å². The van der Waals surface area contributed by atoms with Crippen LogP contribution in [-0.4, -0.2) is 46.8 Å². The normalized spacial score (nSPS) is 18.5. The molecule has 2 amide bonds. The van der Waals surface area contributed by atoms with Crippen LogP contribution < -0.4 is 16.0 Å². The highest BCUT2D eigenvalue weighted by Gasteiger charge is 2.39. The third kappa shape index (κ3) is 6.68. The molecular formula is C32H39N5O4. The first kappa shape index (κ1) is 28.5. The Bertz CT molecular complexity index is 1420. The largest absolute Gasteiger partial charge is 0.454 e. The first-order valence-electron chi connectivity index (χ1n) is 14.4. The molecule has 9 heteroatoms. The lowest BCUT2D eigenvalue weighted by Gasteiger charge is -2.31. The van der Waals surface area contributed by atoms with Crippen molar-refractivity contribution in [1.29, 1.82) is 0 Å². The van der Waals surface area contributed by atoms with Gasteiger partial charge in [-0.15, -0.1) is 0 Å². The van der Waals surface area contributed by atoms with E-state index in [0.29, 0.717) is 17.9 Å². The van der Waals surface area contributed by atoms with Gasteiger partial charge < -0.3 is 15.4 Å². The number of aryl methyl sites for hydroxylation is 1. The van der Waals surface area contributed by atoms with E-state index in [1.807, 2.05) is 55.5 Å². The number of cyclic esters (lactones) is 1. The lowest BCUT2D eigenvalue weighted by Crippen LogP contribution is -2.37. The highest BCUT2D eigenvalue weighted by molar-refractivity contribution is 6.00. The topological polar surface area (TPSA) is 114 Å². The van der Waals surface area contributed by atoms with Gasteiger partial charge in [-0.3, -0.25) is 14.9 Å². The third-order valence-electron chi connectivity index (χ3n) is 7.86. The minimum Gasteiger partial charge on any atom is -0.454 e. The molecule has 41 heavy (non-hydrogen) atoms. The number of urea groups is 1. The van der Waals surface area contributed by atoms with Crippen LogP contribution in [0.4, 0.5) is 16.3 Å². The molecule has 3 N–H and O–H groups in total. The van der Waals surface area contributed by atoms with Crippen LogP contribution in [0, 0.1) is 12.8 Å². The molecule has 2 unspecified atom stereocenters. The van der Waals surface area contributed by atoms with E-state index >= 15 is 0 Å². The molecule has 3 heterocycles. The number of amides is 2. The number of ketones is 1. The molecule has 9 nitrogen and oxygen atoms in total. The van der Waals surface area contributed by atoms with E-state index < -0.39 is 18.1 Å². The zero-order valence-corrected chi connectivity index (χ0v) is 24.2. The van der Waals surface area contributed by atoms with Crippen LogP contribution in [0.1, 0.15) is 69.2 Å². The Morgan fingerprint density at radius 2 is 1.76 bits per heavy atom. The first-order valence-corrected chi connectivity index (χ1v) is 14.4. The highest BCUT2D eigenvalue weighted by atomic mass is 16.6. The number of carbonyl (C=O) groups is 3. The lowest BCUT2D eigenvalue weighted by molar-refractivity contribution is -0.148. The second kappa shape index (κ2) is 11.9. The number of aromatic nitrogens is 2. The molecule has 2 fully saturated rings. The SMILES string of the molecule is Cc1ccc(-n2nc(C(C)(C)C)cc2NC(=O)Nc2cccc(C(C(=O)C3CCC(=O)O3)C3CCNCC3)c2)cc1. The lowest BCUT2D eigenvalue weighted by atomic mass is 9.76. The van der Waals surface area contributed by atoms with Crippen LogP contribution in [0.5, 0.6) is 0 Å². The molecule has 0 aliphatic carbocycles. The number of hydrogen-bond donors (Lipinski definition) is 3. The molecule has 0 saturated carbocycles. The fraction of sp³-hybridized carbons (Fsp3) is 0.438. The zero-order valence-electron chi connectivity index (χ0n) is 24.2. The smallest absolute Gasteiger partial charge is 0.324 e. The molecule has 0 radical (unpaired) electrons. The average Bonchev–Trinajstić information content (AvgIpc) is 3.57. The van der Waals surface area contributed by atoms with Crippen molar-refractivity contribution in [3.8, 4) is 5.69 Å². The van der Waals surface area contributed by atoms with E-state index in [-0.39, 0.29) is 29.5 Å². The van der Waals surface area contributed by atoms with Crippen LogP contribution in [0.2, 0.25) is 0 Å². The van der Waals surface area contributed by atoms with E-state index in [1.54, 1.807) is 10.7 Å². The van der Waals surface area contributed by atoms with Gasteiger partial charge in [0.15, 0.2) is 11.9 Å². The average molecular weight is 558 g/mol. The Balaban J connectivity index is 1.37. The Morgan fingerprint density at radius 1 is 1.02 bits per heavy atom. The van der Waals surface area contributed by atoms with Crippen molar-refractivity contribution in [2.45, 2.75) is 70.8 Å². The fourth-order valence-corrected chi connectivity index (χ4v) is 5.58. The molecular weight excluding hydrogens is 518 g/mol. The molecule has 216 valence electrons. The maximum absolute atomic E-state index is 13.6. The van der Waals surface area contributed by atoms with Crippen LogP contribution in [0.3, 0.4) is 0 Å². The first-order chi connectivity index (χ1) is 19.6. The van der Waals surface area contributed by atoms with Gasteiger partial charge in [-0.25, -0.2) is 9.48 Å². The van der Waals surface area contributed by atoms with Crippen molar-refractivity contribution >= 4 is 29.3 Å². The quantitative estimate of drug-likeness (QED) is 0.332. The van der Waals surface area contributed by atoms with E-state index in [4.69, 9.17) is 9.84 Å². The molecule has 1 aromatic heterocycles. The number of anilines is 2. The van der Waals surface area contributed by atoms with E-state index in [1.165, 1.54) is 0 Å². The van der Waals surface area contributed by atoms with Crippen molar-refractivity contribution in [2.24, 2.45) is 5.92 Å². The van der Waals surface area contributed by atoms with Crippen molar-refractivity contribution in [3.63, 3.8) is 0 Å². The van der Waals surface area contributed by atoms with E-state index in [2.05, 4.69) is 36.7 Å². The van der Waals surface area contributed by atoms with Gasteiger partial charge in [-0.05, 0) is 68.6 Å². The number of nitrogens with one attached hydrogen (secondary N) is 3. The maximum Gasteiger partial charge on any atom is 0.324 e. The van der Waals surface area contributed by atoms with E-state index in [0.717, 1.165) is 48.4 Å². The van der Waals surface area contributed by atoms with Gasteiger partial charge in [0, 0.05) is 35.9 Å². The van der Waals surface area contributed by atoms with Crippen LogP contribution in [0.25, 0.3) is 5.69 Å². The summed E-state index contributed by atoms with van der Waals surface area (Å²) in [5, 5.41) is 14.1. The van der Waals surface area contributed by atoms with Gasteiger partial charge >= 0.3 is 12.0 Å². The summed E-state index contributed by atoms with van der Waals surface area (Å²) in [6.07, 6.45) is 1.70. The molecule has 2 aromatic carbocycles. The molecule has 2 aliphatic heterocycles. The van der Waals surface area contributed by atoms with Gasteiger partial charge in [0.05, 0.1) is 11.4 Å². The zero-order chi connectivity index (χ0) is 29.1. The summed E-state index contributed by atoms with van der Waals surface area (Å²) in [5.41, 5.74) is 4.03. The number of hydrogen-bond acceptors (Lipinski definition) is 6. The van der Waals surface area contributed by atoms with Gasteiger partial charge in [0.25, 0.3) is 0 Å². The van der Waals surface area contributed by atoms with Crippen molar-refractivity contribution in [2.75, 3.05) is 23.7 Å². The van der Waals surface area contributed by atoms with Crippen molar-refractivity contribution < 1.29 is 19.1 Å². The van der Waals surface area contributed by atoms with Gasteiger partial charge in [0.2, 0.25) is 0 Å². The van der Waals surface area contributed by atoms with Crippen LogP contribution >= 0.6 is 0 Å². The molecule has 3 aromatic rings. The Hall–Kier alpha value is -3.98. The summed E-state index contributed by atoms with van der Waals surface area (Å²) >= 11 is 0. The summed E-state index contributed by atoms with van der Waals surface area (Å²) < 4.78 is 7.11. The predicted octanol–water partition coefficient (Wildman–Crippen LogP) is 5.48. The van der Waals surface area contributed by atoms with Crippen LogP contribution in [-0.2, 0) is 19.7 Å². The standard InChI is InChI=1S/C32H39N5O4/c1-20-8-10-24(11-9-20)37-27(19-26(36-37)32(2,3)4)35-31(40)34-23-7-5-6-22(18-23)29(21-14-16-33-17-15-21)30(39)25-12-13-28(38)41-25/h5-11,18-19,21,25,29,33H,12-17H2,1-4H3,(H2,34,35,40). The summed E-state index contributed by atoms with van der Waals surface area (Å²) in [6, 6.07) is 16.9. The number of ether oxygens (including phenoxy) is 1. The van der Waals surface area contributed by atoms with E-state index in [9.17, 15) is 14.4 Å². The monoisotopic (exact) mass is 557 g/mol. The number of benzene rings is 2. The summed E-state index contributed by atoms with van der Waals surface area (Å²) in [4.78, 5) is 38.6. The number of Topliss-reactive ketones (excluding diaryl/α,β-unsaturated/α-hetero) is 1. The summed E-state index contributed by atoms with van der Waals surface area (Å²) in [5.74, 6) is -0.0970. The number of carbonyl (C=O) groups excluding carboxylic acids is 3. The third-order valence-corrected chi connectivity index (χ3v) is 7.86. The number of piperidine rings is 1. The number of rotatable bonds is 7. The summed E-state index contributed by atoms with van der Waals surface area (Å²) in [6.45, 7) is 9.94. The Morgan fingerprint density at radius 3 is 2.41 bits per heavy atom. The van der Waals surface area contributed by atoms with Gasteiger partial charge in [-0.2, -0.15) is 5.10 Å². The molecule has 5 rings (SSSR count). The second-order valence-electron chi connectivity index (χ2n) is 12.1. The van der Waals surface area contributed by atoms with Gasteiger partial charge in [0.1, 0.15) is 5.82 Å². The van der Waals surface area contributed by atoms with Gasteiger partial charge in [-0.1, -0.05) is 50.6 Å².